The molecule has 0 radical (unpaired) electrons. The summed E-state index contributed by atoms with van der Waals surface area (Å²) in [5.74, 6) is 0.591. The van der Waals surface area contributed by atoms with E-state index in [9.17, 15) is 4.79 Å². The first kappa shape index (κ1) is 12.1. The Balaban J connectivity index is 1.97. The third-order valence-corrected chi connectivity index (χ3v) is 4.51. The molecule has 1 atom stereocenters. The van der Waals surface area contributed by atoms with Gasteiger partial charge in [-0.25, -0.2) is 0 Å². The molecule has 1 unspecified atom stereocenters. The van der Waals surface area contributed by atoms with Crippen molar-refractivity contribution in [3.63, 3.8) is 0 Å². The average Bonchev–Trinajstić information content (AvgIpc) is 2.87. The van der Waals surface area contributed by atoms with E-state index in [0.29, 0.717) is 5.92 Å². The minimum absolute atomic E-state index is 0.121. The van der Waals surface area contributed by atoms with E-state index in [1.807, 2.05) is 17.0 Å². The van der Waals surface area contributed by atoms with Gasteiger partial charge in [-0.3, -0.25) is 4.79 Å². The Bertz CT molecular complexity index is 380. The number of hydrogen-bond donors (Lipinski definition) is 1. The summed E-state index contributed by atoms with van der Waals surface area (Å²) in [6.45, 7) is 1.82. The second-order valence-electron chi connectivity index (χ2n) is 4.02. The molecular formula is C11H14BrNO2S. The van der Waals surface area contributed by atoms with Gasteiger partial charge in [-0.2, -0.15) is 0 Å². The second-order valence-corrected chi connectivity index (χ2v) is 6.48. The van der Waals surface area contributed by atoms with Crippen LogP contribution in [-0.4, -0.2) is 35.6 Å². The number of hydrogen-bond acceptors (Lipinski definition) is 3. The molecular weight excluding hydrogens is 290 g/mol. The highest BCUT2D eigenvalue weighted by Crippen LogP contribution is 2.26. The fourth-order valence-electron chi connectivity index (χ4n) is 2.02. The molecule has 1 aromatic heterocycles. The summed E-state index contributed by atoms with van der Waals surface area (Å²) in [5.41, 5.74) is 0. The van der Waals surface area contributed by atoms with Crippen molar-refractivity contribution in [1.82, 2.24) is 4.90 Å². The SMILES string of the molecule is O=C(c1ccc(Br)s1)N1CCC(CCO)C1. The van der Waals surface area contributed by atoms with Gasteiger partial charge in [0.05, 0.1) is 8.66 Å². The second kappa shape index (κ2) is 5.29. The van der Waals surface area contributed by atoms with Gasteiger partial charge in [-0.15, -0.1) is 11.3 Å². The maximum absolute atomic E-state index is 12.1. The third-order valence-electron chi connectivity index (χ3n) is 2.89. The number of likely N-dealkylation sites (tertiary alicyclic amines) is 1. The fraction of sp³-hybridized carbons (Fsp3) is 0.545. The van der Waals surface area contributed by atoms with E-state index in [1.165, 1.54) is 11.3 Å². The quantitative estimate of drug-likeness (QED) is 0.931. The number of aliphatic hydroxyl groups is 1. The van der Waals surface area contributed by atoms with Gasteiger partial charge in [-0.05, 0) is 46.8 Å². The number of carbonyl (C=O) groups is 1. The molecule has 1 aliphatic rings. The number of nitrogens with zero attached hydrogens (tertiary/aromatic N) is 1. The van der Waals surface area contributed by atoms with Crippen LogP contribution in [0.4, 0.5) is 0 Å². The topological polar surface area (TPSA) is 40.5 Å². The molecule has 2 heterocycles. The van der Waals surface area contributed by atoms with Crippen molar-refractivity contribution < 1.29 is 9.90 Å². The highest BCUT2D eigenvalue weighted by molar-refractivity contribution is 9.11. The van der Waals surface area contributed by atoms with Gasteiger partial charge < -0.3 is 10.0 Å². The molecule has 1 fully saturated rings. The summed E-state index contributed by atoms with van der Waals surface area (Å²) in [7, 11) is 0. The molecule has 0 aromatic carbocycles. The Labute approximate surface area is 107 Å². The Kier molecular flexibility index (Phi) is 4.00. The van der Waals surface area contributed by atoms with Crippen LogP contribution in [0.15, 0.2) is 15.9 Å². The number of halogens is 1. The van der Waals surface area contributed by atoms with E-state index in [-0.39, 0.29) is 12.5 Å². The number of rotatable bonds is 3. The standard InChI is InChI=1S/C11H14BrNO2S/c12-10-2-1-9(16-10)11(15)13-5-3-8(7-13)4-6-14/h1-2,8,14H,3-7H2. The third kappa shape index (κ3) is 2.64. The van der Waals surface area contributed by atoms with Crippen LogP contribution < -0.4 is 0 Å². The van der Waals surface area contributed by atoms with E-state index in [2.05, 4.69) is 15.9 Å². The lowest BCUT2D eigenvalue weighted by Crippen LogP contribution is -2.28. The fourth-order valence-corrected chi connectivity index (χ4v) is 3.37. The normalized spacial score (nSPS) is 20.4. The van der Waals surface area contributed by atoms with Gasteiger partial charge in [0, 0.05) is 19.7 Å². The van der Waals surface area contributed by atoms with Crippen molar-refractivity contribution in [2.75, 3.05) is 19.7 Å². The average molecular weight is 304 g/mol. The zero-order valence-electron chi connectivity index (χ0n) is 8.86. The van der Waals surface area contributed by atoms with E-state index >= 15 is 0 Å². The predicted octanol–water partition coefficient (Wildman–Crippen LogP) is 2.36. The van der Waals surface area contributed by atoms with Gasteiger partial charge in [0.15, 0.2) is 0 Å². The highest BCUT2D eigenvalue weighted by atomic mass is 79.9. The van der Waals surface area contributed by atoms with Gasteiger partial charge in [0.1, 0.15) is 0 Å². The molecule has 1 N–H and O–H groups in total. The lowest BCUT2D eigenvalue weighted by atomic mass is 10.1. The highest BCUT2D eigenvalue weighted by Gasteiger charge is 2.27. The van der Waals surface area contributed by atoms with E-state index in [1.54, 1.807) is 0 Å². The minimum atomic E-state index is 0.121. The lowest BCUT2D eigenvalue weighted by molar-refractivity contribution is 0.0789. The van der Waals surface area contributed by atoms with E-state index in [0.717, 1.165) is 34.6 Å². The van der Waals surface area contributed by atoms with Crippen LogP contribution in [0.5, 0.6) is 0 Å². The minimum Gasteiger partial charge on any atom is -0.396 e. The van der Waals surface area contributed by atoms with Gasteiger partial charge in [0.2, 0.25) is 0 Å². The van der Waals surface area contributed by atoms with Crippen LogP contribution in [0.3, 0.4) is 0 Å². The molecule has 16 heavy (non-hydrogen) atoms. The molecule has 1 saturated heterocycles. The Morgan fingerprint density at radius 3 is 3.06 bits per heavy atom. The first-order valence-corrected chi connectivity index (χ1v) is 6.97. The number of amides is 1. The molecule has 0 saturated carbocycles. The maximum Gasteiger partial charge on any atom is 0.263 e. The molecule has 3 nitrogen and oxygen atoms in total. The zero-order chi connectivity index (χ0) is 11.5. The first-order valence-electron chi connectivity index (χ1n) is 5.36. The summed E-state index contributed by atoms with van der Waals surface area (Å²) >= 11 is 4.83. The molecule has 0 aliphatic carbocycles. The Hall–Kier alpha value is -0.390. The van der Waals surface area contributed by atoms with Crippen LogP contribution in [0.25, 0.3) is 0 Å². The predicted molar refractivity (Wildman–Crippen MR) is 67.7 cm³/mol. The van der Waals surface area contributed by atoms with Crippen molar-refractivity contribution in [3.8, 4) is 0 Å². The smallest absolute Gasteiger partial charge is 0.263 e. The van der Waals surface area contributed by atoms with Gasteiger partial charge in [0.25, 0.3) is 5.91 Å². The summed E-state index contributed by atoms with van der Waals surface area (Å²) in [4.78, 5) is 14.7. The lowest BCUT2D eigenvalue weighted by Gasteiger charge is -2.15. The monoisotopic (exact) mass is 303 g/mol. The summed E-state index contributed by atoms with van der Waals surface area (Å²) in [6.07, 6.45) is 1.82. The summed E-state index contributed by atoms with van der Waals surface area (Å²) < 4.78 is 0.988. The Morgan fingerprint density at radius 1 is 1.62 bits per heavy atom. The first-order chi connectivity index (χ1) is 7.70. The van der Waals surface area contributed by atoms with Crippen molar-refractivity contribution in [3.05, 3.63) is 20.8 Å². The van der Waals surface area contributed by atoms with E-state index in [4.69, 9.17) is 5.11 Å². The molecule has 0 spiro atoms. The molecule has 1 amide bonds. The maximum atomic E-state index is 12.1. The van der Waals surface area contributed by atoms with Crippen LogP contribution in [0, 0.1) is 5.92 Å². The summed E-state index contributed by atoms with van der Waals surface area (Å²) in [5, 5.41) is 8.86. The van der Waals surface area contributed by atoms with Gasteiger partial charge >= 0.3 is 0 Å². The Morgan fingerprint density at radius 2 is 2.44 bits per heavy atom. The van der Waals surface area contributed by atoms with Crippen molar-refractivity contribution in [2.24, 2.45) is 5.92 Å². The molecule has 0 bridgehead atoms. The van der Waals surface area contributed by atoms with E-state index < -0.39 is 0 Å². The molecule has 1 aliphatic heterocycles. The molecule has 5 heteroatoms. The van der Waals surface area contributed by atoms with Crippen LogP contribution in [-0.2, 0) is 0 Å². The molecule has 88 valence electrons. The van der Waals surface area contributed by atoms with Crippen molar-refractivity contribution in [1.29, 1.82) is 0 Å². The van der Waals surface area contributed by atoms with Crippen molar-refractivity contribution >= 4 is 33.2 Å². The zero-order valence-corrected chi connectivity index (χ0v) is 11.3. The molecule has 2 rings (SSSR count). The number of carbonyl (C=O) groups excluding carboxylic acids is 1. The van der Waals surface area contributed by atoms with Crippen LogP contribution in [0.2, 0.25) is 0 Å². The number of thiophene rings is 1. The van der Waals surface area contributed by atoms with Gasteiger partial charge in [-0.1, -0.05) is 0 Å². The largest absolute Gasteiger partial charge is 0.396 e. The van der Waals surface area contributed by atoms with Crippen molar-refractivity contribution in [2.45, 2.75) is 12.8 Å². The number of aliphatic hydroxyl groups excluding tert-OH is 1. The van der Waals surface area contributed by atoms with Crippen LogP contribution >= 0.6 is 27.3 Å². The molecule has 1 aromatic rings. The summed E-state index contributed by atoms with van der Waals surface area (Å²) in [6, 6.07) is 3.76. The van der Waals surface area contributed by atoms with Crippen LogP contribution in [0.1, 0.15) is 22.5 Å².